The highest BCUT2D eigenvalue weighted by Crippen LogP contribution is 2.52. The van der Waals surface area contributed by atoms with E-state index in [-0.39, 0.29) is 35.8 Å². The number of piperidine rings is 2. The molecule has 9 heteroatoms. The quantitative estimate of drug-likeness (QED) is 0.617. The van der Waals surface area contributed by atoms with E-state index in [9.17, 15) is 22.4 Å². The Balaban J connectivity index is 1.63. The lowest BCUT2D eigenvalue weighted by molar-refractivity contribution is -0.271. The zero-order chi connectivity index (χ0) is 25.3. The van der Waals surface area contributed by atoms with Gasteiger partial charge in [-0.3, -0.25) is 4.79 Å². The summed E-state index contributed by atoms with van der Waals surface area (Å²) in [6, 6.07) is 11.7. The standard InChI is InChI=1S/C26H30F4N2O3/c1-34-21-10-6-9-20(27)22(21)19-17-31-14-11-24(19)12-15-32(16-13-24)23(33)25(35-2,26(28,29)30)18-7-4-3-5-8-18/h3-10,19,31H,11-17H2,1-2H3/t19?,25-/m1/s1. The average molecular weight is 495 g/mol. The molecule has 0 aliphatic carbocycles. The molecule has 5 nitrogen and oxygen atoms in total. The van der Waals surface area contributed by atoms with Gasteiger partial charge in [-0.1, -0.05) is 36.4 Å². The van der Waals surface area contributed by atoms with Crippen molar-refractivity contribution < 1.29 is 31.8 Å². The minimum atomic E-state index is -4.95. The van der Waals surface area contributed by atoms with Gasteiger partial charge in [0.05, 0.1) is 7.11 Å². The molecule has 1 amide bonds. The van der Waals surface area contributed by atoms with Gasteiger partial charge < -0.3 is 19.7 Å². The third kappa shape index (κ3) is 4.29. The molecular formula is C26H30F4N2O3. The van der Waals surface area contributed by atoms with Crippen molar-refractivity contribution >= 4 is 5.91 Å². The van der Waals surface area contributed by atoms with Crippen molar-refractivity contribution in [3.05, 3.63) is 65.5 Å². The van der Waals surface area contributed by atoms with Crippen LogP contribution in [0.25, 0.3) is 0 Å². The van der Waals surface area contributed by atoms with Crippen LogP contribution in [0.5, 0.6) is 5.75 Å². The second kappa shape index (κ2) is 9.78. The number of nitrogens with zero attached hydrogens (tertiary/aromatic N) is 1. The molecule has 0 radical (unpaired) electrons. The predicted molar refractivity (Wildman–Crippen MR) is 123 cm³/mol. The van der Waals surface area contributed by atoms with Crippen LogP contribution in [-0.4, -0.2) is 57.4 Å². The number of nitrogens with one attached hydrogen (secondary N) is 1. The van der Waals surface area contributed by atoms with Gasteiger partial charge in [0.2, 0.25) is 0 Å². The molecule has 1 N–H and O–H groups in total. The molecule has 2 aromatic rings. The van der Waals surface area contributed by atoms with Crippen LogP contribution in [-0.2, 0) is 15.1 Å². The van der Waals surface area contributed by atoms with E-state index in [1.165, 1.54) is 42.3 Å². The van der Waals surface area contributed by atoms with Gasteiger partial charge in [0.1, 0.15) is 11.6 Å². The van der Waals surface area contributed by atoms with E-state index in [1.807, 2.05) is 0 Å². The highest BCUT2D eigenvalue weighted by Gasteiger charge is 2.64. The van der Waals surface area contributed by atoms with E-state index in [1.54, 1.807) is 18.2 Å². The van der Waals surface area contributed by atoms with Crippen molar-refractivity contribution in [3.8, 4) is 5.75 Å². The summed E-state index contributed by atoms with van der Waals surface area (Å²) in [6.07, 6.45) is -3.32. The Morgan fingerprint density at radius 1 is 1.03 bits per heavy atom. The number of ether oxygens (including phenoxy) is 2. The SMILES string of the molecule is COc1cccc(F)c1C1CNCCC12CCN(C(=O)[C@](OC)(c1ccccc1)C(F)(F)F)CC2. The third-order valence-electron chi connectivity index (χ3n) is 7.70. The minimum Gasteiger partial charge on any atom is -0.496 e. The van der Waals surface area contributed by atoms with Crippen LogP contribution in [0.3, 0.4) is 0 Å². The number of carbonyl (C=O) groups excluding carboxylic acids is 1. The number of amides is 1. The molecule has 2 aliphatic rings. The monoisotopic (exact) mass is 494 g/mol. The molecule has 1 spiro atoms. The van der Waals surface area contributed by atoms with Crippen LogP contribution < -0.4 is 10.1 Å². The van der Waals surface area contributed by atoms with Crippen LogP contribution in [0.15, 0.2) is 48.5 Å². The smallest absolute Gasteiger partial charge is 0.430 e. The van der Waals surface area contributed by atoms with Crippen molar-refractivity contribution in [3.63, 3.8) is 0 Å². The topological polar surface area (TPSA) is 50.8 Å². The molecule has 4 rings (SSSR count). The normalized spacial score (nSPS) is 22.0. The summed E-state index contributed by atoms with van der Waals surface area (Å²) >= 11 is 0. The highest BCUT2D eigenvalue weighted by atomic mass is 19.4. The number of halogens is 4. The first-order valence-corrected chi connectivity index (χ1v) is 11.7. The molecule has 0 aromatic heterocycles. The maximum absolute atomic E-state index is 15.0. The molecule has 35 heavy (non-hydrogen) atoms. The van der Waals surface area contributed by atoms with Gasteiger partial charge in [0, 0.05) is 43.8 Å². The third-order valence-corrected chi connectivity index (χ3v) is 7.70. The zero-order valence-electron chi connectivity index (χ0n) is 19.8. The summed E-state index contributed by atoms with van der Waals surface area (Å²) in [5, 5.41) is 3.32. The highest BCUT2D eigenvalue weighted by molar-refractivity contribution is 5.88. The number of hydrogen-bond donors (Lipinski definition) is 1. The second-order valence-electron chi connectivity index (χ2n) is 9.27. The number of rotatable bonds is 5. The maximum Gasteiger partial charge on any atom is 0.430 e. The molecule has 2 heterocycles. The Bertz CT molecular complexity index is 1040. The molecule has 2 aromatic carbocycles. The Kier molecular flexibility index (Phi) is 7.11. The summed E-state index contributed by atoms with van der Waals surface area (Å²) in [5.74, 6) is -1.26. The number of methoxy groups -OCH3 is 2. The lowest BCUT2D eigenvalue weighted by Gasteiger charge is -2.51. The van der Waals surface area contributed by atoms with Crippen LogP contribution in [0.4, 0.5) is 17.6 Å². The van der Waals surface area contributed by atoms with E-state index < -0.39 is 17.7 Å². The van der Waals surface area contributed by atoms with Gasteiger partial charge in [-0.25, -0.2) is 4.39 Å². The first kappa shape index (κ1) is 25.4. The van der Waals surface area contributed by atoms with E-state index in [2.05, 4.69) is 5.32 Å². The number of hydrogen-bond acceptors (Lipinski definition) is 4. The van der Waals surface area contributed by atoms with Crippen molar-refractivity contribution in [2.75, 3.05) is 40.4 Å². The van der Waals surface area contributed by atoms with Gasteiger partial charge in [-0.15, -0.1) is 0 Å². The molecule has 2 fully saturated rings. The van der Waals surface area contributed by atoms with Gasteiger partial charge in [0.15, 0.2) is 0 Å². The Hall–Kier alpha value is -2.65. The van der Waals surface area contributed by atoms with Crippen molar-refractivity contribution in [2.45, 2.75) is 37.0 Å². The maximum atomic E-state index is 15.0. The van der Waals surface area contributed by atoms with Crippen LogP contribution in [0, 0.1) is 11.2 Å². The fraction of sp³-hybridized carbons (Fsp3) is 0.500. The lowest BCUT2D eigenvalue weighted by Crippen LogP contribution is -2.59. The Morgan fingerprint density at radius 2 is 1.71 bits per heavy atom. The van der Waals surface area contributed by atoms with Gasteiger partial charge in [-0.2, -0.15) is 13.2 Å². The van der Waals surface area contributed by atoms with Crippen LogP contribution >= 0.6 is 0 Å². The molecule has 190 valence electrons. The van der Waals surface area contributed by atoms with E-state index >= 15 is 0 Å². The predicted octanol–water partition coefficient (Wildman–Crippen LogP) is 4.62. The number of benzene rings is 2. The van der Waals surface area contributed by atoms with Gasteiger partial charge in [0.25, 0.3) is 11.5 Å². The first-order valence-electron chi connectivity index (χ1n) is 11.7. The molecule has 2 saturated heterocycles. The number of carbonyl (C=O) groups is 1. The Morgan fingerprint density at radius 3 is 2.31 bits per heavy atom. The van der Waals surface area contributed by atoms with Gasteiger partial charge in [-0.05, 0) is 43.4 Å². The van der Waals surface area contributed by atoms with Gasteiger partial charge >= 0.3 is 6.18 Å². The largest absolute Gasteiger partial charge is 0.496 e. The fourth-order valence-electron chi connectivity index (χ4n) is 5.79. The summed E-state index contributed by atoms with van der Waals surface area (Å²) < 4.78 is 68.6. The second-order valence-corrected chi connectivity index (χ2v) is 9.27. The summed E-state index contributed by atoms with van der Waals surface area (Å²) in [5.41, 5.74) is -3.22. The molecule has 2 atom stereocenters. The van der Waals surface area contributed by atoms with Crippen molar-refractivity contribution in [1.29, 1.82) is 0 Å². The van der Waals surface area contributed by atoms with E-state index in [4.69, 9.17) is 9.47 Å². The minimum absolute atomic E-state index is 0.125. The number of likely N-dealkylation sites (tertiary alicyclic amines) is 1. The lowest BCUT2D eigenvalue weighted by atomic mass is 9.62. The van der Waals surface area contributed by atoms with E-state index in [0.29, 0.717) is 30.7 Å². The summed E-state index contributed by atoms with van der Waals surface area (Å²) in [6.45, 7) is 1.50. The summed E-state index contributed by atoms with van der Waals surface area (Å²) in [4.78, 5) is 14.7. The molecular weight excluding hydrogens is 464 g/mol. The van der Waals surface area contributed by atoms with Crippen molar-refractivity contribution in [2.24, 2.45) is 5.41 Å². The fourth-order valence-corrected chi connectivity index (χ4v) is 5.79. The average Bonchev–Trinajstić information content (AvgIpc) is 2.85. The van der Waals surface area contributed by atoms with Crippen LogP contribution in [0.1, 0.15) is 36.3 Å². The first-order chi connectivity index (χ1) is 16.7. The summed E-state index contributed by atoms with van der Waals surface area (Å²) in [7, 11) is 2.41. The Labute approximate surface area is 202 Å². The van der Waals surface area contributed by atoms with E-state index in [0.717, 1.165) is 20.1 Å². The van der Waals surface area contributed by atoms with Crippen molar-refractivity contribution in [1.82, 2.24) is 10.2 Å². The van der Waals surface area contributed by atoms with Crippen LogP contribution in [0.2, 0.25) is 0 Å². The molecule has 0 saturated carbocycles. The number of alkyl halides is 3. The molecule has 1 unspecified atom stereocenters. The molecule has 0 bridgehead atoms. The zero-order valence-corrected chi connectivity index (χ0v) is 19.8. The molecule has 2 aliphatic heterocycles.